The number of anilines is 1. The second-order valence-electron chi connectivity index (χ2n) is 11.0. The molecule has 1 spiro atoms. The molecule has 5 aromatic rings. The quantitative estimate of drug-likeness (QED) is 0.232. The number of carboxylic acids is 1. The maximum atomic E-state index is 14.9. The molecule has 13 heteroatoms. The lowest BCUT2D eigenvalue weighted by Gasteiger charge is -2.33. The second-order valence-corrected chi connectivity index (χ2v) is 11.4. The Morgan fingerprint density at radius 1 is 1.12 bits per heavy atom. The van der Waals surface area contributed by atoms with Crippen LogP contribution in [0.5, 0.6) is 6.01 Å². The maximum Gasteiger partial charge on any atom is 0.335 e. The highest BCUT2D eigenvalue weighted by molar-refractivity contribution is 6.30. The van der Waals surface area contributed by atoms with Gasteiger partial charge in [0.25, 0.3) is 0 Å². The van der Waals surface area contributed by atoms with Crippen LogP contribution in [0, 0.1) is 17.0 Å². The first kappa shape index (κ1) is 27.3. The van der Waals surface area contributed by atoms with E-state index >= 15 is 0 Å². The molecule has 1 aliphatic carbocycles. The molecule has 0 amide bonds. The number of aromatic carboxylic acids is 1. The average Bonchev–Trinajstić information content (AvgIpc) is 3.30. The van der Waals surface area contributed by atoms with E-state index in [0.29, 0.717) is 30.9 Å². The number of imidazole rings is 1. The van der Waals surface area contributed by atoms with E-state index in [4.69, 9.17) is 25.7 Å². The summed E-state index contributed by atoms with van der Waals surface area (Å²) in [6.45, 7) is 1.40. The van der Waals surface area contributed by atoms with Crippen LogP contribution < -0.4 is 9.64 Å². The van der Waals surface area contributed by atoms with Crippen molar-refractivity contribution in [3.8, 4) is 6.01 Å². The normalized spacial score (nSPS) is 17.5. The van der Waals surface area contributed by atoms with Crippen LogP contribution in [0.1, 0.15) is 52.7 Å². The maximum absolute atomic E-state index is 14.9. The molecule has 0 radical (unpaired) electrons. The van der Waals surface area contributed by atoms with Crippen LogP contribution in [-0.4, -0.2) is 48.7 Å². The number of benzene rings is 2. The van der Waals surface area contributed by atoms with Gasteiger partial charge in [-0.15, -0.1) is 0 Å². The number of carbonyl (C=O) groups is 1. The van der Waals surface area contributed by atoms with Crippen LogP contribution in [0.2, 0.25) is 5.02 Å². The van der Waals surface area contributed by atoms with Gasteiger partial charge in [-0.2, -0.15) is 4.98 Å². The Morgan fingerprint density at radius 3 is 2.70 bits per heavy atom. The smallest absolute Gasteiger partial charge is 0.335 e. The highest BCUT2D eigenvalue weighted by Gasteiger charge is 2.57. The Bertz CT molecular complexity index is 1840. The first-order chi connectivity index (χ1) is 20.8. The number of ether oxygens (including phenoxy) is 1. The van der Waals surface area contributed by atoms with E-state index in [1.165, 1.54) is 18.5 Å². The minimum atomic E-state index is -1.01. The standard InChI is InChI=1S/C30H25ClF2N6O4/c31-19-3-1-18(22(32)10-19)15-42-29-35-13-23(33)27(37-29)38-7-5-30(6-8-38)11-21(30)26-36-24-4-2-17(28(40)41)9-25(24)39(26)14-20-12-34-16-43-20/h1-4,9-10,12-13,16,21H,5-8,11,14-15H2,(H,40,41). The molecule has 10 nitrogen and oxygen atoms in total. The number of halogens is 3. The van der Waals surface area contributed by atoms with Crippen molar-refractivity contribution < 1.29 is 27.8 Å². The van der Waals surface area contributed by atoms with Crippen molar-refractivity contribution in [1.29, 1.82) is 0 Å². The molecule has 1 saturated carbocycles. The van der Waals surface area contributed by atoms with Gasteiger partial charge in [0.05, 0.1) is 35.5 Å². The highest BCUT2D eigenvalue weighted by Crippen LogP contribution is 2.65. The van der Waals surface area contributed by atoms with E-state index in [9.17, 15) is 18.7 Å². The summed E-state index contributed by atoms with van der Waals surface area (Å²) in [6, 6.07) is 9.16. The molecule has 1 aliphatic heterocycles. The summed E-state index contributed by atoms with van der Waals surface area (Å²) >= 11 is 5.81. The molecular weight excluding hydrogens is 582 g/mol. The monoisotopic (exact) mass is 606 g/mol. The first-order valence-corrected chi connectivity index (χ1v) is 14.1. The summed E-state index contributed by atoms with van der Waals surface area (Å²) in [5.41, 5.74) is 1.90. The largest absolute Gasteiger partial charge is 0.478 e. The van der Waals surface area contributed by atoms with Gasteiger partial charge in [0.2, 0.25) is 0 Å². The third-order valence-electron chi connectivity index (χ3n) is 8.46. The predicted octanol–water partition coefficient (Wildman–Crippen LogP) is 5.85. The molecule has 1 saturated heterocycles. The van der Waals surface area contributed by atoms with Crippen LogP contribution in [0.15, 0.2) is 59.6 Å². The minimum Gasteiger partial charge on any atom is -0.478 e. The Hall–Kier alpha value is -4.58. The lowest BCUT2D eigenvalue weighted by Crippen LogP contribution is -2.36. The van der Waals surface area contributed by atoms with Crippen molar-refractivity contribution in [2.24, 2.45) is 5.41 Å². The fraction of sp³-hybridized carbons (Fsp3) is 0.300. The van der Waals surface area contributed by atoms with E-state index in [0.717, 1.165) is 36.8 Å². The van der Waals surface area contributed by atoms with Gasteiger partial charge in [-0.3, -0.25) is 0 Å². The van der Waals surface area contributed by atoms with Crippen LogP contribution in [0.3, 0.4) is 0 Å². The third kappa shape index (κ3) is 5.16. The van der Waals surface area contributed by atoms with Crippen molar-refractivity contribution >= 4 is 34.4 Å². The number of rotatable bonds is 8. The molecule has 0 bridgehead atoms. The van der Waals surface area contributed by atoms with Crippen molar-refractivity contribution in [3.63, 3.8) is 0 Å². The van der Waals surface area contributed by atoms with E-state index in [2.05, 4.69) is 15.0 Å². The molecule has 2 aliphatic rings. The van der Waals surface area contributed by atoms with E-state index in [1.807, 2.05) is 9.47 Å². The highest BCUT2D eigenvalue weighted by atomic mass is 35.5. The van der Waals surface area contributed by atoms with Gasteiger partial charge in [-0.25, -0.2) is 28.5 Å². The van der Waals surface area contributed by atoms with Gasteiger partial charge >= 0.3 is 12.0 Å². The summed E-state index contributed by atoms with van der Waals surface area (Å²) in [5, 5.41) is 9.83. The summed E-state index contributed by atoms with van der Waals surface area (Å²) in [5.74, 6) is -0.256. The summed E-state index contributed by atoms with van der Waals surface area (Å²) < 4.78 is 42.1. The van der Waals surface area contributed by atoms with Crippen LogP contribution in [-0.2, 0) is 13.2 Å². The van der Waals surface area contributed by atoms with E-state index < -0.39 is 17.6 Å². The van der Waals surface area contributed by atoms with E-state index in [-0.39, 0.29) is 45.9 Å². The van der Waals surface area contributed by atoms with Gasteiger partial charge < -0.3 is 23.7 Å². The van der Waals surface area contributed by atoms with Gasteiger partial charge in [0.15, 0.2) is 18.0 Å². The number of fused-ring (bicyclic) bond motifs is 1. The molecule has 4 heterocycles. The zero-order valence-electron chi connectivity index (χ0n) is 22.7. The van der Waals surface area contributed by atoms with Crippen LogP contribution in [0.4, 0.5) is 14.6 Å². The number of carboxylic acid groups (broad SMARTS) is 1. The topological polar surface area (TPSA) is 119 Å². The fourth-order valence-corrected chi connectivity index (χ4v) is 6.19. The predicted molar refractivity (Wildman–Crippen MR) is 151 cm³/mol. The van der Waals surface area contributed by atoms with Crippen molar-refractivity contribution in [2.75, 3.05) is 18.0 Å². The minimum absolute atomic E-state index is 0.0123. The molecule has 1 atom stereocenters. The lowest BCUT2D eigenvalue weighted by atomic mass is 9.90. The Kier molecular flexibility index (Phi) is 6.72. The van der Waals surface area contributed by atoms with Gasteiger partial charge in [-0.1, -0.05) is 17.7 Å². The fourth-order valence-electron chi connectivity index (χ4n) is 6.03. The number of hydrogen-bond acceptors (Lipinski definition) is 8. The van der Waals surface area contributed by atoms with Gasteiger partial charge in [0.1, 0.15) is 24.0 Å². The summed E-state index contributed by atoms with van der Waals surface area (Å²) in [7, 11) is 0. The van der Waals surface area contributed by atoms with Crippen LogP contribution >= 0.6 is 11.6 Å². The van der Waals surface area contributed by atoms with Crippen molar-refractivity contribution in [2.45, 2.75) is 38.3 Å². The third-order valence-corrected chi connectivity index (χ3v) is 8.69. The van der Waals surface area contributed by atoms with Gasteiger partial charge in [0, 0.05) is 29.6 Å². The van der Waals surface area contributed by atoms with Crippen molar-refractivity contribution in [1.82, 2.24) is 24.5 Å². The SMILES string of the molecule is O=C(O)c1ccc2nc(C3CC34CCN(c3nc(OCc5ccc(Cl)cc5F)ncc3F)CC4)n(Cc3cnco3)c2c1. The van der Waals surface area contributed by atoms with Crippen molar-refractivity contribution in [3.05, 3.63) is 94.6 Å². The Morgan fingerprint density at radius 2 is 1.95 bits per heavy atom. The molecule has 1 N–H and O–H groups in total. The molecule has 3 aromatic heterocycles. The zero-order chi connectivity index (χ0) is 29.7. The molecule has 220 valence electrons. The zero-order valence-corrected chi connectivity index (χ0v) is 23.5. The molecule has 2 fully saturated rings. The molecule has 1 unspecified atom stereocenters. The summed E-state index contributed by atoms with van der Waals surface area (Å²) in [6.07, 6.45) is 6.57. The van der Waals surface area contributed by atoms with Crippen LogP contribution in [0.25, 0.3) is 11.0 Å². The first-order valence-electron chi connectivity index (χ1n) is 13.7. The number of oxazole rings is 1. The molecular formula is C30H25ClF2N6O4. The Balaban J connectivity index is 1.08. The Labute approximate surface area is 248 Å². The van der Waals surface area contributed by atoms with Gasteiger partial charge in [-0.05, 0) is 55.0 Å². The van der Waals surface area contributed by atoms with E-state index in [1.54, 1.807) is 30.5 Å². The molecule has 43 heavy (non-hydrogen) atoms. The second kappa shape index (κ2) is 10.6. The number of nitrogens with zero attached hydrogens (tertiary/aromatic N) is 6. The molecule has 7 rings (SSSR count). The number of hydrogen-bond donors (Lipinski definition) is 1. The lowest BCUT2D eigenvalue weighted by molar-refractivity contribution is 0.0697. The number of piperidine rings is 1. The molecule has 2 aromatic carbocycles. The number of aromatic nitrogens is 5. The average molecular weight is 607 g/mol. The summed E-state index contributed by atoms with van der Waals surface area (Å²) in [4.78, 5) is 30.7.